The number of hydrogen-bond donors (Lipinski definition) is 3. The smallest absolute Gasteiger partial charge is 0.229 e. The lowest BCUT2D eigenvalue weighted by molar-refractivity contribution is 0.0694. The maximum atomic E-state index is 11.6. The van der Waals surface area contributed by atoms with E-state index in [0.717, 1.165) is 29.6 Å². The second kappa shape index (κ2) is 9.86. The zero-order chi connectivity index (χ0) is 21.1. The van der Waals surface area contributed by atoms with Crippen LogP contribution in [0.2, 0.25) is 0 Å². The summed E-state index contributed by atoms with van der Waals surface area (Å²) in [5.41, 5.74) is 2.18. The van der Waals surface area contributed by atoms with Gasteiger partial charge in [0.15, 0.2) is 5.96 Å². The van der Waals surface area contributed by atoms with Gasteiger partial charge in [-0.1, -0.05) is 36.4 Å². The molecular weight excluding hydrogens is 515 g/mol. The van der Waals surface area contributed by atoms with E-state index in [1.807, 2.05) is 30.3 Å². The molecule has 3 rings (SSSR count). The fraction of sp³-hybridized carbons (Fsp3) is 0.381. The van der Waals surface area contributed by atoms with Crippen molar-refractivity contribution in [3.63, 3.8) is 0 Å². The van der Waals surface area contributed by atoms with Crippen molar-refractivity contribution in [2.45, 2.75) is 38.5 Å². The molecule has 0 bridgehead atoms. The molecule has 30 heavy (non-hydrogen) atoms. The predicted molar refractivity (Wildman–Crippen MR) is 132 cm³/mol. The molecule has 0 amide bonds. The molecule has 3 N–H and O–H groups in total. The van der Waals surface area contributed by atoms with Crippen LogP contribution >= 0.6 is 24.0 Å². The zero-order valence-corrected chi connectivity index (χ0v) is 20.7. The summed E-state index contributed by atoms with van der Waals surface area (Å²) in [7, 11) is -1.64. The molecule has 1 atom stereocenters. The first-order valence-electron chi connectivity index (χ1n) is 9.48. The number of hydrogen-bond acceptors (Lipinski definition) is 4. The van der Waals surface area contributed by atoms with Gasteiger partial charge in [0.25, 0.3) is 0 Å². The number of anilines is 1. The zero-order valence-electron chi connectivity index (χ0n) is 17.6. The molecule has 9 heteroatoms. The highest BCUT2D eigenvalue weighted by Crippen LogP contribution is 2.39. The Morgan fingerprint density at radius 2 is 1.83 bits per heavy atom. The minimum absolute atomic E-state index is 0. The second-order valence-electron chi connectivity index (χ2n) is 7.76. The summed E-state index contributed by atoms with van der Waals surface area (Å²) >= 11 is 0. The Hall–Kier alpha value is -2.01. The Morgan fingerprint density at radius 1 is 1.17 bits per heavy atom. The van der Waals surface area contributed by atoms with E-state index in [4.69, 9.17) is 4.74 Å². The average molecular weight is 544 g/mol. The third kappa shape index (κ3) is 6.49. The third-order valence-corrected chi connectivity index (χ3v) is 5.26. The highest BCUT2D eigenvalue weighted by Gasteiger charge is 2.33. The number of nitrogens with zero attached hydrogens (tertiary/aromatic N) is 1. The number of ether oxygens (including phenoxy) is 1. The SMILES string of the molecule is CN=C(NCc1ccccc1NS(C)(=O)=O)NC1CC(C)(C)Oc2ccccc21.I. The number of fused-ring (bicyclic) bond motifs is 1. The summed E-state index contributed by atoms with van der Waals surface area (Å²) in [6.45, 7) is 4.56. The number of rotatable bonds is 5. The molecule has 2 aromatic rings. The van der Waals surface area contributed by atoms with Crippen LogP contribution in [0, 0.1) is 0 Å². The van der Waals surface area contributed by atoms with E-state index in [1.165, 1.54) is 0 Å². The van der Waals surface area contributed by atoms with Gasteiger partial charge in [0.1, 0.15) is 11.4 Å². The van der Waals surface area contributed by atoms with Crippen molar-refractivity contribution in [3.05, 3.63) is 59.7 Å². The molecular formula is C21H29IN4O3S. The van der Waals surface area contributed by atoms with Gasteiger partial charge in [0.05, 0.1) is 18.0 Å². The number of benzene rings is 2. The summed E-state index contributed by atoms with van der Waals surface area (Å²) in [5.74, 6) is 1.51. The maximum absolute atomic E-state index is 11.6. The van der Waals surface area contributed by atoms with E-state index in [1.54, 1.807) is 19.2 Å². The van der Waals surface area contributed by atoms with E-state index in [0.29, 0.717) is 18.2 Å². The Morgan fingerprint density at radius 3 is 2.53 bits per heavy atom. The number of sulfonamides is 1. The van der Waals surface area contributed by atoms with Crippen molar-refractivity contribution in [3.8, 4) is 5.75 Å². The van der Waals surface area contributed by atoms with Gasteiger partial charge in [-0.25, -0.2) is 8.42 Å². The van der Waals surface area contributed by atoms with E-state index < -0.39 is 10.0 Å². The number of para-hydroxylation sites is 2. The van der Waals surface area contributed by atoms with Crippen molar-refractivity contribution in [1.29, 1.82) is 0 Å². The van der Waals surface area contributed by atoms with E-state index in [9.17, 15) is 8.42 Å². The number of aliphatic imine (C=N–C) groups is 1. The molecule has 0 spiro atoms. The van der Waals surface area contributed by atoms with Gasteiger partial charge in [0, 0.05) is 25.6 Å². The van der Waals surface area contributed by atoms with E-state index in [2.05, 4.69) is 40.3 Å². The molecule has 1 aliphatic rings. The Labute approximate surface area is 195 Å². The van der Waals surface area contributed by atoms with Gasteiger partial charge >= 0.3 is 0 Å². The monoisotopic (exact) mass is 544 g/mol. The van der Waals surface area contributed by atoms with Gasteiger partial charge < -0.3 is 15.4 Å². The molecule has 1 unspecified atom stereocenters. The van der Waals surface area contributed by atoms with Gasteiger partial charge in [0.2, 0.25) is 10.0 Å². The molecule has 2 aromatic carbocycles. The van der Waals surface area contributed by atoms with Crippen molar-refractivity contribution < 1.29 is 13.2 Å². The Bertz CT molecular complexity index is 1010. The maximum Gasteiger partial charge on any atom is 0.229 e. The molecule has 0 radical (unpaired) electrons. The lowest BCUT2D eigenvalue weighted by atomic mass is 9.90. The summed E-state index contributed by atoms with van der Waals surface area (Å²) in [6.07, 6.45) is 1.93. The van der Waals surface area contributed by atoms with Crippen LogP contribution in [0.5, 0.6) is 5.75 Å². The lowest BCUT2D eigenvalue weighted by Crippen LogP contribution is -2.45. The van der Waals surface area contributed by atoms with E-state index >= 15 is 0 Å². The van der Waals surface area contributed by atoms with Gasteiger partial charge in [-0.15, -0.1) is 24.0 Å². The quantitative estimate of drug-likeness (QED) is 0.304. The molecule has 164 valence electrons. The highest BCUT2D eigenvalue weighted by atomic mass is 127. The van der Waals surface area contributed by atoms with Gasteiger partial charge in [-0.05, 0) is 31.5 Å². The van der Waals surface area contributed by atoms with Crippen LogP contribution in [0.15, 0.2) is 53.5 Å². The second-order valence-corrected chi connectivity index (χ2v) is 9.51. The molecule has 0 fully saturated rings. The first-order chi connectivity index (χ1) is 13.7. The van der Waals surface area contributed by atoms with Crippen LogP contribution in [-0.2, 0) is 16.6 Å². The largest absolute Gasteiger partial charge is 0.487 e. The first kappa shape index (κ1) is 24.3. The molecule has 0 aromatic heterocycles. The van der Waals surface area contributed by atoms with Gasteiger partial charge in [-0.3, -0.25) is 9.71 Å². The first-order valence-corrected chi connectivity index (χ1v) is 11.4. The van der Waals surface area contributed by atoms with Crippen LogP contribution in [0.3, 0.4) is 0 Å². The third-order valence-electron chi connectivity index (χ3n) is 4.67. The van der Waals surface area contributed by atoms with Crippen LogP contribution in [0.1, 0.15) is 37.4 Å². The van der Waals surface area contributed by atoms with Crippen LogP contribution in [0.4, 0.5) is 5.69 Å². The van der Waals surface area contributed by atoms with Crippen molar-refractivity contribution >= 4 is 45.6 Å². The van der Waals surface area contributed by atoms with Crippen LogP contribution in [-0.4, -0.2) is 33.3 Å². The number of guanidine groups is 1. The predicted octanol–water partition coefficient (Wildman–Crippen LogP) is 3.64. The fourth-order valence-corrected chi connectivity index (χ4v) is 4.04. The van der Waals surface area contributed by atoms with Crippen LogP contribution in [0.25, 0.3) is 0 Å². The van der Waals surface area contributed by atoms with Crippen molar-refractivity contribution in [1.82, 2.24) is 10.6 Å². The summed E-state index contributed by atoms with van der Waals surface area (Å²) in [4.78, 5) is 4.34. The number of nitrogens with one attached hydrogen (secondary N) is 3. The molecule has 0 saturated heterocycles. The minimum Gasteiger partial charge on any atom is -0.487 e. The van der Waals surface area contributed by atoms with Crippen molar-refractivity contribution in [2.24, 2.45) is 4.99 Å². The average Bonchev–Trinajstić information content (AvgIpc) is 2.64. The molecule has 0 saturated carbocycles. The molecule has 7 nitrogen and oxygen atoms in total. The normalized spacial score (nSPS) is 17.7. The Kier molecular flexibility index (Phi) is 7.98. The number of halogens is 1. The molecule has 1 aliphatic heterocycles. The molecule has 0 aliphatic carbocycles. The fourth-order valence-electron chi connectivity index (χ4n) is 3.44. The molecule has 1 heterocycles. The summed E-state index contributed by atoms with van der Waals surface area (Å²) in [6, 6.07) is 15.3. The lowest BCUT2D eigenvalue weighted by Gasteiger charge is -2.38. The topological polar surface area (TPSA) is 91.8 Å². The van der Waals surface area contributed by atoms with Crippen molar-refractivity contribution in [2.75, 3.05) is 18.0 Å². The van der Waals surface area contributed by atoms with Gasteiger partial charge in [-0.2, -0.15) is 0 Å². The standard InChI is InChI=1S/C21H28N4O3S.HI/c1-21(2)13-18(16-10-6-8-12-19(16)28-21)24-20(22-3)23-14-15-9-5-7-11-17(15)25-29(4,26)27;/h5-12,18,25H,13-14H2,1-4H3,(H2,22,23,24);1H. The minimum atomic E-state index is -3.35. The van der Waals surface area contributed by atoms with Crippen LogP contribution < -0.4 is 20.1 Å². The Balaban J connectivity index is 0.00000320. The summed E-state index contributed by atoms with van der Waals surface area (Å²) < 4.78 is 31.9. The highest BCUT2D eigenvalue weighted by molar-refractivity contribution is 14.0. The summed E-state index contributed by atoms with van der Waals surface area (Å²) in [5, 5.41) is 6.76. The van der Waals surface area contributed by atoms with E-state index in [-0.39, 0.29) is 35.6 Å².